The minimum atomic E-state index is 0. The maximum absolute atomic E-state index is 12.7. The van der Waals surface area contributed by atoms with Gasteiger partial charge in [-0.15, -0.1) is 34.2 Å². The van der Waals surface area contributed by atoms with Gasteiger partial charge in [-0.2, -0.15) is 0 Å². The molecule has 1 amide bonds. The van der Waals surface area contributed by atoms with Crippen molar-refractivity contribution in [1.82, 2.24) is 30.3 Å². The minimum Gasteiger partial charge on any atom is -0.352 e. The third-order valence-corrected chi connectivity index (χ3v) is 5.62. The van der Waals surface area contributed by atoms with E-state index in [1.807, 2.05) is 23.4 Å². The van der Waals surface area contributed by atoms with Gasteiger partial charge in [-0.1, -0.05) is 19.3 Å². The van der Waals surface area contributed by atoms with Crippen molar-refractivity contribution in [2.24, 2.45) is 18.0 Å². The molecule has 2 N–H and O–H groups in total. The molecule has 9 heteroatoms. The van der Waals surface area contributed by atoms with Gasteiger partial charge in [0, 0.05) is 39.1 Å². The van der Waals surface area contributed by atoms with Crippen LogP contribution in [0.15, 0.2) is 4.99 Å². The second-order valence-electron chi connectivity index (χ2n) is 7.40. The lowest BCUT2D eigenvalue weighted by atomic mass is 9.88. The Kier molecular flexibility index (Phi) is 8.30. The molecule has 0 radical (unpaired) electrons. The van der Waals surface area contributed by atoms with Gasteiger partial charge in [-0.05, 0) is 26.2 Å². The number of amides is 1. The van der Waals surface area contributed by atoms with Crippen LogP contribution >= 0.6 is 24.0 Å². The number of nitrogens with one attached hydrogen (secondary N) is 2. The molecule has 1 aromatic heterocycles. The first-order valence-electron chi connectivity index (χ1n) is 9.69. The van der Waals surface area contributed by atoms with Crippen molar-refractivity contribution < 1.29 is 4.79 Å². The first kappa shape index (κ1) is 21.9. The first-order valence-corrected chi connectivity index (χ1v) is 9.69. The molecular formula is C18H32IN7O. The number of carbonyl (C=O) groups is 1. The fourth-order valence-corrected chi connectivity index (χ4v) is 3.84. The third kappa shape index (κ3) is 5.55. The number of halogens is 1. The van der Waals surface area contributed by atoms with Crippen molar-refractivity contribution in [3.63, 3.8) is 0 Å². The maximum Gasteiger partial charge on any atom is 0.225 e. The van der Waals surface area contributed by atoms with Crippen molar-refractivity contribution >= 4 is 35.8 Å². The Morgan fingerprint density at radius 1 is 1.22 bits per heavy atom. The maximum atomic E-state index is 12.7. The molecule has 2 heterocycles. The average molecular weight is 489 g/mol. The van der Waals surface area contributed by atoms with Crippen LogP contribution in [0, 0.1) is 12.8 Å². The first-order chi connectivity index (χ1) is 12.6. The average Bonchev–Trinajstić information content (AvgIpc) is 3.26. The molecule has 1 saturated carbocycles. The highest BCUT2D eigenvalue weighted by Gasteiger charge is 2.31. The highest BCUT2D eigenvalue weighted by Crippen LogP contribution is 2.26. The van der Waals surface area contributed by atoms with Crippen molar-refractivity contribution in [2.75, 3.05) is 20.1 Å². The van der Waals surface area contributed by atoms with Crippen molar-refractivity contribution in [3.8, 4) is 0 Å². The Hall–Kier alpha value is -1.39. The second kappa shape index (κ2) is 10.2. The zero-order valence-electron chi connectivity index (χ0n) is 16.6. The van der Waals surface area contributed by atoms with E-state index in [-0.39, 0.29) is 35.9 Å². The summed E-state index contributed by atoms with van der Waals surface area (Å²) in [6.45, 7) is 4.10. The topological polar surface area (TPSA) is 87.4 Å². The molecule has 1 aromatic rings. The molecule has 2 fully saturated rings. The van der Waals surface area contributed by atoms with Gasteiger partial charge in [0.15, 0.2) is 11.8 Å². The Bertz CT molecular complexity index is 654. The molecule has 1 saturated heterocycles. The van der Waals surface area contributed by atoms with Crippen LogP contribution in [-0.4, -0.2) is 57.7 Å². The van der Waals surface area contributed by atoms with Crippen LogP contribution in [0.3, 0.4) is 0 Å². The quantitative estimate of drug-likeness (QED) is 0.381. The van der Waals surface area contributed by atoms with Gasteiger partial charge in [0.25, 0.3) is 0 Å². The fourth-order valence-electron chi connectivity index (χ4n) is 3.84. The number of nitrogens with zero attached hydrogens (tertiary/aromatic N) is 5. The highest BCUT2D eigenvalue weighted by atomic mass is 127. The van der Waals surface area contributed by atoms with Crippen LogP contribution in [0.25, 0.3) is 0 Å². The van der Waals surface area contributed by atoms with Gasteiger partial charge in [0.05, 0.1) is 6.54 Å². The van der Waals surface area contributed by atoms with E-state index in [1.165, 1.54) is 19.3 Å². The number of guanidine groups is 1. The van der Waals surface area contributed by atoms with Crippen molar-refractivity contribution in [3.05, 3.63) is 11.6 Å². The van der Waals surface area contributed by atoms with Gasteiger partial charge in [0.1, 0.15) is 5.82 Å². The monoisotopic (exact) mass is 489 g/mol. The van der Waals surface area contributed by atoms with E-state index in [4.69, 9.17) is 0 Å². The van der Waals surface area contributed by atoms with Gasteiger partial charge in [0.2, 0.25) is 5.91 Å². The van der Waals surface area contributed by atoms with Crippen molar-refractivity contribution in [1.29, 1.82) is 0 Å². The van der Waals surface area contributed by atoms with Gasteiger partial charge in [-0.25, -0.2) is 0 Å². The smallest absolute Gasteiger partial charge is 0.225 e. The van der Waals surface area contributed by atoms with Gasteiger partial charge >= 0.3 is 0 Å². The van der Waals surface area contributed by atoms with Crippen LogP contribution in [0.1, 0.15) is 50.2 Å². The summed E-state index contributed by atoms with van der Waals surface area (Å²) in [4.78, 5) is 19.0. The molecule has 1 aliphatic heterocycles. The molecule has 1 unspecified atom stereocenters. The van der Waals surface area contributed by atoms with Crippen LogP contribution in [0.2, 0.25) is 0 Å². The van der Waals surface area contributed by atoms with Crippen LogP contribution in [0.4, 0.5) is 0 Å². The summed E-state index contributed by atoms with van der Waals surface area (Å²) in [7, 11) is 3.71. The summed E-state index contributed by atoms with van der Waals surface area (Å²) in [5.74, 6) is 3.09. The number of hydrogen-bond acceptors (Lipinski definition) is 4. The van der Waals surface area contributed by atoms with Crippen LogP contribution < -0.4 is 10.6 Å². The molecule has 2 aliphatic rings. The van der Waals surface area contributed by atoms with Crippen LogP contribution in [-0.2, 0) is 18.4 Å². The highest BCUT2D eigenvalue weighted by molar-refractivity contribution is 14.0. The Labute approximate surface area is 178 Å². The predicted molar refractivity (Wildman–Crippen MR) is 116 cm³/mol. The molecule has 0 spiro atoms. The Balaban J connectivity index is 0.00000261. The summed E-state index contributed by atoms with van der Waals surface area (Å²) in [6, 6.07) is 0.245. The largest absolute Gasteiger partial charge is 0.352 e. The van der Waals surface area contributed by atoms with E-state index < -0.39 is 0 Å². The zero-order chi connectivity index (χ0) is 18.5. The van der Waals surface area contributed by atoms with Gasteiger partial charge < -0.3 is 20.1 Å². The zero-order valence-corrected chi connectivity index (χ0v) is 18.9. The summed E-state index contributed by atoms with van der Waals surface area (Å²) in [5.41, 5.74) is 0. The lowest BCUT2D eigenvalue weighted by Crippen LogP contribution is -2.45. The van der Waals surface area contributed by atoms with E-state index in [0.717, 1.165) is 50.0 Å². The predicted octanol–water partition coefficient (Wildman–Crippen LogP) is 1.59. The fraction of sp³-hybridized carbons (Fsp3) is 0.778. The summed E-state index contributed by atoms with van der Waals surface area (Å²) in [5, 5.41) is 14.9. The molecule has 0 aromatic carbocycles. The number of carbonyl (C=O) groups excluding carboxylic acids is 1. The molecule has 1 aliphatic carbocycles. The second-order valence-corrected chi connectivity index (χ2v) is 7.40. The molecule has 152 valence electrons. The van der Waals surface area contributed by atoms with E-state index >= 15 is 0 Å². The van der Waals surface area contributed by atoms with Gasteiger partial charge in [-0.3, -0.25) is 9.79 Å². The Morgan fingerprint density at radius 2 is 1.96 bits per heavy atom. The van der Waals surface area contributed by atoms with E-state index in [9.17, 15) is 4.79 Å². The summed E-state index contributed by atoms with van der Waals surface area (Å²) in [6.07, 6.45) is 6.76. The molecular weight excluding hydrogens is 457 g/mol. The van der Waals surface area contributed by atoms with Crippen LogP contribution in [0.5, 0.6) is 0 Å². The Morgan fingerprint density at radius 3 is 2.59 bits per heavy atom. The minimum absolute atomic E-state index is 0. The van der Waals surface area contributed by atoms with E-state index in [0.29, 0.717) is 12.5 Å². The molecule has 1 atom stereocenters. The normalized spacial score (nSPS) is 21.1. The number of likely N-dealkylation sites (tertiary alicyclic amines) is 1. The SMILES string of the molecule is CN=C(NCc1nnc(C)n1C)NC1CCN(C(=O)C2CCCCC2)C1.I. The number of hydrogen-bond donors (Lipinski definition) is 2. The number of rotatable bonds is 4. The molecule has 3 rings (SSSR count). The number of aromatic nitrogens is 3. The third-order valence-electron chi connectivity index (χ3n) is 5.62. The molecule has 27 heavy (non-hydrogen) atoms. The molecule has 0 bridgehead atoms. The lowest BCUT2D eigenvalue weighted by molar-refractivity contribution is -0.135. The van der Waals surface area contributed by atoms with E-state index in [1.54, 1.807) is 7.05 Å². The van der Waals surface area contributed by atoms with Crippen molar-refractivity contribution in [2.45, 2.75) is 58.0 Å². The number of aryl methyl sites for hydroxylation is 1. The lowest BCUT2D eigenvalue weighted by Gasteiger charge is -2.26. The number of aliphatic imine (C=N–C) groups is 1. The molecule has 8 nitrogen and oxygen atoms in total. The summed E-state index contributed by atoms with van der Waals surface area (Å²) >= 11 is 0. The van der Waals surface area contributed by atoms with E-state index in [2.05, 4.69) is 25.8 Å². The summed E-state index contributed by atoms with van der Waals surface area (Å²) < 4.78 is 1.96. The standard InChI is InChI=1S/C18H31N7O.HI/c1-13-22-23-16(24(13)3)11-20-18(19-2)21-15-9-10-25(12-15)17(26)14-7-5-4-6-8-14;/h14-15H,4-12H2,1-3H3,(H2,19,20,21);1H.